The van der Waals surface area contributed by atoms with E-state index in [1.54, 1.807) is 0 Å². The molecule has 1 aliphatic carbocycles. The summed E-state index contributed by atoms with van der Waals surface area (Å²) in [5.41, 5.74) is 0.922. The Balaban J connectivity index is 1.90. The van der Waals surface area contributed by atoms with Crippen LogP contribution in [0.4, 0.5) is 5.82 Å². The van der Waals surface area contributed by atoms with Gasteiger partial charge in [-0.1, -0.05) is 18.2 Å². The summed E-state index contributed by atoms with van der Waals surface area (Å²) >= 11 is 5.69. The first-order chi connectivity index (χ1) is 8.06. The molecule has 1 N–H and O–H groups in total. The molecule has 1 heterocycles. The van der Waals surface area contributed by atoms with Crippen LogP contribution >= 0.6 is 11.6 Å². The predicted molar refractivity (Wildman–Crippen MR) is 64.1 cm³/mol. The smallest absolute Gasteiger partial charge is 0.358 e. The summed E-state index contributed by atoms with van der Waals surface area (Å²) in [7, 11) is 0. The van der Waals surface area contributed by atoms with Gasteiger partial charge in [0.1, 0.15) is 0 Å². The topological polar surface area (TPSA) is 73.0 Å². The van der Waals surface area contributed by atoms with Crippen molar-refractivity contribution in [3.05, 3.63) is 33.5 Å². The van der Waals surface area contributed by atoms with E-state index in [0.29, 0.717) is 19.1 Å². The van der Waals surface area contributed by atoms with E-state index in [2.05, 4.69) is 17.0 Å². The van der Waals surface area contributed by atoms with Gasteiger partial charge in [-0.3, -0.25) is 0 Å². The fraction of sp³-hybridized carbons (Fsp3) is 0.500. The molecule has 92 valence electrons. The van der Waals surface area contributed by atoms with Gasteiger partial charge in [-0.05, 0) is 23.3 Å². The molecule has 0 atom stereocenters. The molecule has 7 heteroatoms. The lowest BCUT2D eigenvalue weighted by atomic mass is 10.3. The van der Waals surface area contributed by atoms with Crippen LogP contribution in [0.3, 0.4) is 0 Å². The van der Waals surface area contributed by atoms with Crippen LogP contribution in [0, 0.1) is 10.1 Å². The van der Waals surface area contributed by atoms with E-state index >= 15 is 0 Å². The maximum absolute atomic E-state index is 10.6. The summed E-state index contributed by atoms with van der Waals surface area (Å²) in [6.45, 7) is 5.04. The number of aromatic nitrogens is 2. The monoisotopic (exact) mass is 256 g/mol. The Hall–Kier alpha value is -1.40. The van der Waals surface area contributed by atoms with Crippen LogP contribution in [-0.2, 0) is 6.54 Å². The van der Waals surface area contributed by atoms with Crippen LogP contribution in [0.25, 0.3) is 0 Å². The molecule has 6 nitrogen and oxygen atoms in total. The second-order valence-corrected chi connectivity index (χ2v) is 4.57. The highest BCUT2D eigenvalue weighted by Gasteiger charge is 2.21. The van der Waals surface area contributed by atoms with Gasteiger partial charge in [0.05, 0.1) is 17.8 Å². The van der Waals surface area contributed by atoms with Crippen LogP contribution in [0.2, 0.25) is 5.02 Å². The average Bonchev–Trinajstić information content (AvgIpc) is 3.00. The third-order valence-corrected chi connectivity index (χ3v) is 2.74. The van der Waals surface area contributed by atoms with Gasteiger partial charge in [0, 0.05) is 12.6 Å². The van der Waals surface area contributed by atoms with Gasteiger partial charge >= 0.3 is 5.82 Å². The molecular weight excluding hydrogens is 244 g/mol. The van der Waals surface area contributed by atoms with E-state index in [0.717, 1.165) is 5.57 Å². The first kappa shape index (κ1) is 12.1. The standard InChI is InChI=1S/C10H13ClN4O2/c1-7(4-12-8-2-3-8)5-14-6-9(11)10(13-14)15(16)17/h6,8,12H,1-5H2. The zero-order valence-corrected chi connectivity index (χ0v) is 9.98. The molecule has 0 unspecified atom stereocenters. The fourth-order valence-electron chi connectivity index (χ4n) is 1.45. The molecule has 1 fully saturated rings. The number of halogens is 1. The minimum atomic E-state index is -0.593. The normalized spacial score (nSPS) is 14.9. The van der Waals surface area contributed by atoms with Crippen molar-refractivity contribution in [2.75, 3.05) is 6.54 Å². The molecule has 1 aromatic heterocycles. The van der Waals surface area contributed by atoms with Gasteiger partial charge < -0.3 is 15.4 Å². The van der Waals surface area contributed by atoms with E-state index in [1.807, 2.05) is 0 Å². The molecular formula is C10H13ClN4O2. The lowest BCUT2D eigenvalue weighted by molar-refractivity contribution is -0.389. The third kappa shape index (κ3) is 3.28. The number of nitrogens with one attached hydrogen (secondary N) is 1. The Morgan fingerprint density at radius 1 is 1.76 bits per heavy atom. The van der Waals surface area contributed by atoms with E-state index in [4.69, 9.17) is 11.6 Å². The lowest BCUT2D eigenvalue weighted by Crippen LogP contribution is -2.21. The lowest BCUT2D eigenvalue weighted by Gasteiger charge is -2.04. The highest BCUT2D eigenvalue weighted by atomic mass is 35.5. The molecule has 0 amide bonds. The maximum atomic E-state index is 10.6. The quantitative estimate of drug-likeness (QED) is 0.478. The summed E-state index contributed by atoms with van der Waals surface area (Å²) in [5.74, 6) is -0.311. The summed E-state index contributed by atoms with van der Waals surface area (Å²) in [6, 6.07) is 0.613. The molecule has 2 rings (SSSR count). The van der Waals surface area contributed by atoms with Gasteiger partial charge in [0.2, 0.25) is 0 Å². The zero-order chi connectivity index (χ0) is 12.4. The van der Waals surface area contributed by atoms with Crippen LogP contribution in [0.1, 0.15) is 12.8 Å². The molecule has 0 radical (unpaired) electrons. The minimum absolute atomic E-state index is 0.0537. The van der Waals surface area contributed by atoms with Gasteiger partial charge in [0.15, 0.2) is 5.02 Å². The van der Waals surface area contributed by atoms with Crippen molar-refractivity contribution < 1.29 is 4.92 Å². The second kappa shape index (κ2) is 4.85. The summed E-state index contributed by atoms with van der Waals surface area (Å²) in [6.07, 6.45) is 3.88. The Morgan fingerprint density at radius 2 is 2.47 bits per heavy atom. The number of rotatable bonds is 6. The minimum Gasteiger partial charge on any atom is -0.358 e. The van der Waals surface area contributed by atoms with Gasteiger partial charge in [-0.25, -0.2) is 0 Å². The van der Waals surface area contributed by atoms with Crippen molar-refractivity contribution in [2.45, 2.75) is 25.4 Å². The van der Waals surface area contributed by atoms with E-state index in [9.17, 15) is 10.1 Å². The average molecular weight is 257 g/mol. The van der Waals surface area contributed by atoms with Crippen LogP contribution in [-0.4, -0.2) is 27.3 Å². The first-order valence-electron chi connectivity index (χ1n) is 5.33. The van der Waals surface area contributed by atoms with E-state index < -0.39 is 4.92 Å². The Bertz CT molecular complexity index is 453. The van der Waals surface area contributed by atoms with Crippen LogP contribution in [0.5, 0.6) is 0 Å². The van der Waals surface area contributed by atoms with Gasteiger partial charge in [-0.15, -0.1) is 0 Å². The number of nitrogens with zero attached hydrogens (tertiary/aromatic N) is 3. The molecule has 1 aromatic rings. The summed E-state index contributed by atoms with van der Waals surface area (Å²) in [5, 5.41) is 17.7. The number of hydrogen-bond acceptors (Lipinski definition) is 4. The van der Waals surface area contributed by atoms with Crippen molar-refractivity contribution in [1.82, 2.24) is 15.1 Å². The Labute approximate surface area is 103 Å². The van der Waals surface area contributed by atoms with E-state index in [1.165, 1.54) is 23.7 Å². The summed E-state index contributed by atoms with van der Waals surface area (Å²) in [4.78, 5) is 9.96. The zero-order valence-electron chi connectivity index (χ0n) is 9.23. The predicted octanol–water partition coefficient (Wildman–Crippen LogP) is 1.75. The first-order valence-corrected chi connectivity index (χ1v) is 5.71. The molecule has 0 saturated heterocycles. The molecule has 0 bridgehead atoms. The number of nitro groups is 1. The number of hydrogen-bond donors (Lipinski definition) is 1. The molecule has 1 saturated carbocycles. The van der Waals surface area contributed by atoms with Gasteiger partial charge in [-0.2, -0.15) is 4.68 Å². The van der Waals surface area contributed by atoms with Crippen molar-refractivity contribution in [3.63, 3.8) is 0 Å². The van der Waals surface area contributed by atoms with Crippen molar-refractivity contribution >= 4 is 17.4 Å². The largest absolute Gasteiger partial charge is 0.408 e. The van der Waals surface area contributed by atoms with Gasteiger partial charge in [0.25, 0.3) is 0 Å². The Kier molecular flexibility index (Phi) is 3.44. The SMILES string of the molecule is C=C(CNC1CC1)Cn1cc(Cl)c([N+](=O)[O-])n1. The maximum Gasteiger partial charge on any atom is 0.408 e. The molecule has 0 aliphatic heterocycles. The molecule has 1 aliphatic rings. The van der Waals surface area contributed by atoms with Crippen LogP contribution in [0.15, 0.2) is 18.3 Å². The van der Waals surface area contributed by atoms with Crippen molar-refractivity contribution in [3.8, 4) is 0 Å². The molecule has 17 heavy (non-hydrogen) atoms. The summed E-state index contributed by atoms with van der Waals surface area (Å²) < 4.78 is 1.44. The third-order valence-electron chi connectivity index (χ3n) is 2.48. The van der Waals surface area contributed by atoms with E-state index in [-0.39, 0.29) is 10.8 Å². The molecule has 0 aromatic carbocycles. The van der Waals surface area contributed by atoms with Crippen LogP contribution < -0.4 is 5.32 Å². The Morgan fingerprint density at radius 3 is 3.00 bits per heavy atom. The highest BCUT2D eigenvalue weighted by molar-refractivity contribution is 6.32. The highest BCUT2D eigenvalue weighted by Crippen LogP contribution is 2.22. The van der Waals surface area contributed by atoms with Crippen molar-refractivity contribution in [1.29, 1.82) is 0 Å². The molecule has 0 spiro atoms. The van der Waals surface area contributed by atoms with Crippen molar-refractivity contribution in [2.24, 2.45) is 0 Å². The second-order valence-electron chi connectivity index (χ2n) is 4.16. The fourth-order valence-corrected chi connectivity index (χ4v) is 1.67.